The quantitative estimate of drug-likeness (QED) is 0.117. The van der Waals surface area contributed by atoms with Crippen molar-refractivity contribution in [2.45, 2.75) is 13.8 Å². The van der Waals surface area contributed by atoms with E-state index in [-0.39, 0.29) is 40.1 Å². The van der Waals surface area contributed by atoms with Gasteiger partial charge in [-0.3, -0.25) is 0 Å². The van der Waals surface area contributed by atoms with E-state index in [0.717, 1.165) is 32.7 Å². The first kappa shape index (κ1) is 30.7. The number of hydrogen-bond acceptors (Lipinski definition) is 8. The molecule has 0 aliphatic carbocycles. The molecule has 0 saturated carbocycles. The van der Waals surface area contributed by atoms with Crippen molar-refractivity contribution in [3.05, 3.63) is 120 Å². The van der Waals surface area contributed by atoms with Crippen LogP contribution < -0.4 is 0 Å². The summed E-state index contributed by atoms with van der Waals surface area (Å²) >= 11 is 0. The summed E-state index contributed by atoms with van der Waals surface area (Å²) in [7, 11) is 0. The predicted molar refractivity (Wildman–Crippen MR) is 165 cm³/mol. The first-order valence-electron chi connectivity index (χ1n) is 13.1. The third-order valence-corrected chi connectivity index (χ3v) is 6.54. The molecular weight excluding hydrogens is 584 g/mol. The van der Waals surface area contributed by atoms with E-state index in [1.165, 1.54) is 0 Å². The molecular formula is C34H28FeN4O4. The van der Waals surface area contributed by atoms with Crippen LogP contribution in [0.2, 0.25) is 0 Å². The number of phenols is 4. The van der Waals surface area contributed by atoms with Gasteiger partial charge < -0.3 is 20.4 Å². The van der Waals surface area contributed by atoms with Crippen molar-refractivity contribution < 1.29 is 37.5 Å². The van der Waals surface area contributed by atoms with Gasteiger partial charge in [0.15, 0.2) is 0 Å². The van der Waals surface area contributed by atoms with Crippen LogP contribution in [0.25, 0.3) is 21.5 Å². The molecule has 0 fully saturated rings. The van der Waals surface area contributed by atoms with E-state index >= 15 is 0 Å². The topological polar surface area (TPSA) is 130 Å². The normalized spacial score (nSPS) is 11.0. The second kappa shape index (κ2) is 13.6. The molecule has 216 valence electrons. The molecule has 0 aliphatic heterocycles. The second-order valence-corrected chi connectivity index (χ2v) is 9.69. The van der Waals surface area contributed by atoms with Gasteiger partial charge in [0.05, 0.1) is 0 Å². The molecule has 0 atom stereocenters. The van der Waals surface area contributed by atoms with E-state index in [9.17, 15) is 20.4 Å². The molecule has 0 radical (unpaired) electrons. The minimum atomic E-state index is 0. The summed E-state index contributed by atoms with van der Waals surface area (Å²) in [5.41, 5.74) is 3.50. The number of rotatable bonds is 4. The summed E-state index contributed by atoms with van der Waals surface area (Å²) in [5.74, 6) is 0.238. The van der Waals surface area contributed by atoms with E-state index in [1.54, 1.807) is 48.5 Å². The molecule has 0 bridgehead atoms. The molecule has 9 heteroatoms. The zero-order chi connectivity index (χ0) is 29.6. The average Bonchev–Trinajstić information content (AvgIpc) is 2.99. The van der Waals surface area contributed by atoms with Crippen molar-refractivity contribution in [2.24, 2.45) is 20.5 Å². The van der Waals surface area contributed by atoms with Crippen LogP contribution in [0.3, 0.4) is 0 Å². The Labute approximate surface area is 258 Å². The van der Waals surface area contributed by atoms with Gasteiger partial charge in [-0.1, -0.05) is 72.8 Å². The molecule has 6 aromatic carbocycles. The van der Waals surface area contributed by atoms with Crippen molar-refractivity contribution in [3.8, 4) is 23.0 Å². The molecule has 0 aliphatic rings. The fourth-order valence-electron chi connectivity index (χ4n) is 4.33. The first-order valence-corrected chi connectivity index (χ1v) is 13.1. The maximum Gasteiger partial charge on any atom is 0.143 e. The number of phenolic OH excluding ortho intramolecular Hbond substituents is 4. The van der Waals surface area contributed by atoms with Gasteiger partial charge in [0.1, 0.15) is 45.7 Å². The maximum absolute atomic E-state index is 9.99. The molecule has 0 amide bonds. The molecule has 0 spiro atoms. The predicted octanol–water partition coefficient (Wildman–Crippen LogP) is 9.95. The molecule has 0 unspecified atom stereocenters. The van der Waals surface area contributed by atoms with Crippen LogP contribution >= 0.6 is 0 Å². The number of fused-ring (bicyclic) bond motifs is 2. The summed E-state index contributed by atoms with van der Waals surface area (Å²) in [6.07, 6.45) is 0. The largest absolute Gasteiger partial charge is 0.506 e. The van der Waals surface area contributed by atoms with Gasteiger partial charge in [-0.25, -0.2) is 0 Å². The minimum Gasteiger partial charge on any atom is -0.506 e. The Morgan fingerprint density at radius 2 is 0.791 bits per heavy atom. The van der Waals surface area contributed by atoms with Crippen molar-refractivity contribution in [3.63, 3.8) is 0 Å². The SMILES string of the molecule is Cc1ccc(O)c(N=Nc2c(O)ccc3ccccc23)c1.Cc1ccc(O)c(N=Nc2c(O)ccc3ccccc23)c1.[Fe]. The summed E-state index contributed by atoms with van der Waals surface area (Å²) in [6.45, 7) is 3.82. The zero-order valence-corrected chi connectivity index (χ0v) is 24.4. The molecule has 0 heterocycles. The van der Waals surface area contributed by atoms with Crippen molar-refractivity contribution in [2.75, 3.05) is 0 Å². The van der Waals surface area contributed by atoms with Crippen LogP contribution in [0.15, 0.2) is 130 Å². The van der Waals surface area contributed by atoms with E-state index in [1.807, 2.05) is 74.5 Å². The Hall–Kier alpha value is -5.24. The molecule has 4 N–H and O–H groups in total. The molecule has 8 nitrogen and oxygen atoms in total. The van der Waals surface area contributed by atoms with E-state index < -0.39 is 0 Å². The number of nitrogens with zero attached hydrogens (tertiary/aromatic N) is 4. The monoisotopic (exact) mass is 612 g/mol. The Morgan fingerprint density at radius 1 is 0.419 bits per heavy atom. The van der Waals surface area contributed by atoms with E-state index in [4.69, 9.17) is 0 Å². The van der Waals surface area contributed by atoms with Gasteiger partial charge in [0, 0.05) is 27.8 Å². The van der Waals surface area contributed by atoms with Crippen LogP contribution in [0.4, 0.5) is 22.7 Å². The molecule has 6 aromatic rings. The molecule has 43 heavy (non-hydrogen) atoms. The van der Waals surface area contributed by atoms with Gasteiger partial charge in [-0.15, -0.1) is 20.5 Å². The number of aromatic hydroxyl groups is 4. The van der Waals surface area contributed by atoms with E-state index in [0.29, 0.717) is 22.7 Å². The molecule has 0 aromatic heterocycles. The van der Waals surface area contributed by atoms with E-state index in [2.05, 4.69) is 20.5 Å². The Kier molecular flexibility index (Phi) is 9.72. The van der Waals surface area contributed by atoms with Crippen LogP contribution in [0.1, 0.15) is 11.1 Å². The van der Waals surface area contributed by atoms with Crippen LogP contribution in [-0.4, -0.2) is 20.4 Å². The Bertz CT molecular complexity index is 1830. The second-order valence-electron chi connectivity index (χ2n) is 9.69. The van der Waals surface area contributed by atoms with Crippen molar-refractivity contribution in [1.82, 2.24) is 0 Å². The maximum atomic E-state index is 9.99. The minimum absolute atomic E-state index is 0. The average molecular weight is 612 g/mol. The number of benzene rings is 6. The third-order valence-electron chi connectivity index (χ3n) is 6.54. The van der Waals surface area contributed by atoms with Gasteiger partial charge in [-0.2, -0.15) is 0 Å². The fraction of sp³-hybridized carbons (Fsp3) is 0.0588. The van der Waals surface area contributed by atoms with Gasteiger partial charge in [-0.05, 0) is 72.1 Å². The summed E-state index contributed by atoms with van der Waals surface area (Å²) in [4.78, 5) is 0. The Morgan fingerprint density at radius 3 is 1.21 bits per heavy atom. The third kappa shape index (κ3) is 7.16. The fourth-order valence-corrected chi connectivity index (χ4v) is 4.33. The van der Waals surface area contributed by atoms with Gasteiger partial charge >= 0.3 is 0 Å². The Balaban J connectivity index is 0.000000192. The van der Waals surface area contributed by atoms with Crippen LogP contribution in [-0.2, 0) is 17.1 Å². The van der Waals surface area contributed by atoms with Crippen molar-refractivity contribution in [1.29, 1.82) is 0 Å². The smallest absolute Gasteiger partial charge is 0.143 e. The summed E-state index contributed by atoms with van der Waals surface area (Å²) in [6, 6.07) is 32.3. The number of aryl methyl sites for hydroxylation is 2. The first-order chi connectivity index (χ1) is 20.3. The van der Waals surface area contributed by atoms with Gasteiger partial charge in [0.25, 0.3) is 0 Å². The standard InChI is InChI=1S/2C17H14N2O2.Fe/c2*1-11-6-8-15(20)14(10-11)18-19-17-13-5-3-2-4-12(13)7-9-16(17)21;/h2*2-10,20-21H,1H3;. The summed E-state index contributed by atoms with van der Waals surface area (Å²) < 4.78 is 0. The van der Waals surface area contributed by atoms with Crippen LogP contribution in [0.5, 0.6) is 23.0 Å². The molecule has 0 saturated heterocycles. The number of hydrogen-bond donors (Lipinski definition) is 4. The van der Waals surface area contributed by atoms with Gasteiger partial charge in [0.2, 0.25) is 0 Å². The zero-order valence-electron chi connectivity index (χ0n) is 23.3. The van der Waals surface area contributed by atoms with Crippen molar-refractivity contribution >= 4 is 44.3 Å². The van der Waals surface area contributed by atoms with Crippen LogP contribution in [0, 0.1) is 13.8 Å². The number of azo groups is 2. The summed E-state index contributed by atoms with van der Waals surface area (Å²) in [5, 5.41) is 59.5. The molecule has 6 rings (SSSR count).